The molecule has 1 aliphatic heterocycles. The van der Waals surface area contributed by atoms with Gasteiger partial charge in [-0.25, -0.2) is 9.37 Å². The number of benzene rings is 4. The fraction of sp³-hybridized carbons (Fsp3) is 0.302. The summed E-state index contributed by atoms with van der Waals surface area (Å²) in [5.74, 6) is -0.205. The third-order valence-corrected chi connectivity index (χ3v) is 16.5. The second-order valence-corrected chi connectivity index (χ2v) is 20.2. The van der Waals surface area contributed by atoms with E-state index in [1.54, 1.807) is 18.2 Å². The van der Waals surface area contributed by atoms with Gasteiger partial charge in [-0.15, -0.1) is 4.31 Å². The Labute approximate surface area is 311 Å². The lowest BCUT2D eigenvalue weighted by atomic mass is 9.96. The number of amides is 1. The standard InChI is InChI=1S/C43H48FN3O3SSi/c1-5-6-28-51(49)47-31-34-29-38(42(48)45-30-33-20-16-17-25-37(33)44)46-41(32-18-10-7-11-19-32)40(34)39(47)26-27-50-52(43(2,3)4,35-21-12-8-13-22-35)36-23-14-9-15-24-36/h7-25,29,39H,5-6,26-28,30-31H2,1-4H3,(H,45,48)/t39-,51-/m1/s1. The van der Waals surface area contributed by atoms with Crippen molar-refractivity contribution in [1.29, 1.82) is 0 Å². The number of carbonyl (C=O) groups is 1. The molecule has 5 aromatic rings. The molecule has 1 amide bonds. The first-order valence-corrected chi connectivity index (χ1v) is 21.3. The molecule has 1 N–H and O–H groups in total. The summed E-state index contributed by atoms with van der Waals surface area (Å²) in [7, 11) is -2.82. The van der Waals surface area contributed by atoms with E-state index in [-0.39, 0.29) is 35.0 Å². The second-order valence-electron chi connectivity index (χ2n) is 14.3. The molecule has 0 radical (unpaired) electrons. The Morgan fingerprint density at radius 1 is 0.942 bits per heavy atom. The van der Waals surface area contributed by atoms with Gasteiger partial charge in [0.05, 0.1) is 18.3 Å². The average Bonchev–Trinajstić information content (AvgIpc) is 3.53. The quantitative estimate of drug-likeness (QED) is 0.0923. The molecule has 0 saturated carbocycles. The lowest BCUT2D eigenvalue weighted by Crippen LogP contribution is -2.66. The molecule has 6 nitrogen and oxygen atoms in total. The van der Waals surface area contributed by atoms with Gasteiger partial charge >= 0.3 is 0 Å². The third-order valence-electron chi connectivity index (χ3n) is 9.89. The predicted octanol–water partition coefficient (Wildman–Crippen LogP) is 8.10. The van der Waals surface area contributed by atoms with Gasteiger partial charge in [0.25, 0.3) is 14.2 Å². The van der Waals surface area contributed by atoms with Gasteiger partial charge in [-0.2, -0.15) is 0 Å². The van der Waals surface area contributed by atoms with Crippen LogP contribution in [0.1, 0.15) is 80.2 Å². The van der Waals surface area contributed by atoms with Crippen molar-refractivity contribution in [2.75, 3.05) is 12.4 Å². The maximum absolute atomic E-state index is 14.4. The highest BCUT2D eigenvalue weighted by Crippen LogP contribution is 2.44. The summed E-state index contributed by atoms with van der Waals surface area (Å²) in [6.07, 6.45) is 2.38. The van der Waals surface area contributed by atoms with E-state index in [1.165, 1.54) is 16.4 Å². The number of unbranched alkanes of at least 4 members (excludes halogenated alkanes) is 1. The van der Waals surface area contributed by atoms with E-state index < -0.39 is 19.7 Å². The summed E-state index contributed by atoms with van der Waals surface area (Å²) >= 11 is -1.26. The van der Waals surface area contributed by atoms with Crippen LogP contribution in [0.3, 0.4) is 0 Å². The Morgan fingerprint density at radius 2 is 1.54 bits per heavy atom. The van der Waals surface area contributed by atoms with Crippen LogP contribution in [0.15, 0.2) is 121 Å². The Kier molecular flexibility index (Phi) is 12.1. The van der Waals surface area contributed by atoms with E-state index in [0.717, 1.165) is 29.5 Å². The summed E-state index contributed by atoms with van der Waals surface area (Å²) in [6.45, 7) is 9.82. The Hall–Kier alpha value is -4.12. The molecule has 2 heterocycles. The largest absolute Gasteiger partial charge is 0.598 e. The Bertz CT molecular complexity index is 1900. The minimum atomic E-state index is -2.82. The number of pyridine rings is 1. The van der Waals surface area contributed by atoms with Crippen molar-refractivity contribution in [3.8, 4) is 11.3 Å². The van der Waals surface area contributed by atoms with Crippen LogP contribution in [0.5, 0.6) is 0 Å². The van der Waals surface area contributed by atoms with Crippen molar-refractivity contribution in [3.63, 3.8) is 0 Å². The van der Waals surface area contributed by atoms with Gasteiger partial charge in [0.1, 0.15) is 17.3 Å². The monoisotopic (exact) mass is 733 g/mol. The first-order valence-electron chi connectivity index (χ1n) is 18.1. The molecular weight excluding hydrogens is 686 g/mol. The van der Waals surface area contributed by atoms with E-state index in [2.05, 4.69) is 85.8 Å². The molecule has 0 spiro atoms. The van der Waals surface area contributed by atoms with Crippen LogP contribution in [-0.2, 0) is 28.9 Å². The number of halogens is 1. The van der Waals surface area contributed by atoms with Crippen LogP contribution in [0.4, 0.5) is 4.39 Å². The van der Waals surface area contributed by atoms with E-state index in [1.807, 2.05) is 48.5 Å². The van der Waals surface area contributed by atoms with Gasteiger partial charge in [0.15, 0.2) is 0 Å². The first kappa shape index (κ1) is 37.6. The summed E-state index contributed by atoms with van der Waals surface area (Å²) in [5.41, 5.74) is 4.12. The maximum Gasteiger partial charge on any atom is 0.270 e. The van der Waals surface area contributed by atoms with Crippen LogP contribution < -0.4 is 15.7 Å². The van der Waals surface area contributed by atoms with Crippen LogP contribution in [0.25, 0.3) is 11.3 Å². The zero-order chi connectivity index (χ0) is 36.7. The molecule has 4 aromatic carbocycles. The molecular formula is C43H48FN3O3SSi. The lowest BCUT2D eigenvalue weighted by molar-refractivity contribution is 0.0945. The lowest BCUT2D eigenvalue weighted by Gasteiger charge is -2.43. The number of nitrogens with one attached hydrogen (secondary N) is 1. The molecule has 6 rings (SSSR count). The fourth-order valence-electron chi connectivity index (χ4n) is 7.35. The number of nitrogens with zero attached hydrogens (tertiary/aromatic N) is 2. The van der Waals surface area contributed by atoms with Gasteiger partial charge in [-0.3, -0.25) is 4.79 Å². The zero-order valence-corrected chi connectivity index (χ0v) is 32.3. The van der Waals surface area contributed by atoms with Gasteiger partial charge in [0.2, 0.25) is 0 Å². The van der Waals surface area contributed by atoms with E-state index in [0.29, 0.717) is 36.6 Å². The molecule has 0 saturated heterocycles. The molecule has 2 atom stereocenters. The molecule has 0 unspecified atom stereocenters. The number of rotatable bonds is 14. The first-order chi connectivity index (χ1) is 25.1. The van der Waals surface area contributed by atoms with Gasteiger partial charge in [-0.1, -0.05) is 143 Å². The van der Waals surface area contributed by atoms with Crippen LogP contribution in [0, 0.1) is 5.82 Å². The van der Waals surface area contributed by atoms with Crippen molar-refractivity contribution < 1.29 is 18.2 Å². The molecule has 1 aromatic heterocycles. The van der Waals surface area contributed by atoms with Crippen LogP contribution >= 0.6 is 0 Å². The molecule has 0 fully saturated rings. The van der Waals surface area contributed by atoms with Crippen LogP contribution in [0.2, 0.25) is 5.04 Å². The normalized spacial score (nSPS) is 15.3. The van der Waals surface area contributed by atoms with E-state index >= 15 is 0 Å². The fourth-order valence-corrected chi connectivity index (χ4v) is 13.5. The summed E-state index contributed by atoms with van der Waals surface area (Å²) < 4.78 is 37.9. The second kappa shape index (κ2) is 16.7. The van der Waals surface area contributed by atoms with Gasteiger partial charge < -0.3 is 14.3 Å². The Balaban J connectivity index is 1.38. The molecule has 52 heavy (non-hydrogen) atoms. The third kappa shape index (κ3) is 7.94. The van der Waals surface area contributed by atoms with E-state index in [9.17, 15) is 13.7 Å². The number of hydrogen-bond donors (Lipinski definition) is 1. The number of fused-ring (bicyclic) bond motifs is 1. The minimum Gasteiger partial charge on any atom is -0.598 e. The van der Waals surface area contributed by atoms with Gasteiger partial charge in [-0.05, 0) is 45.9 Å². The smallest absolute Gasteiger partial charge is 0.270 e. The highest BCUT2D eigenvalue weighted by molar-refractivity contribution is 7.89. The van der Waals surface area contributed by atoms with Crippen molar-refractivity contribution >= 4 is 36.0 Å². The van der Waals surface area contributed by atoms with Crippen molar-refractivity contribution in [3.05, 3.63) is 150 Å². The highest BCUT2D eigenvalue weighted by atomic mass is 32.2. The van der Waals surface area contributed by atoms with Gasteiger partial charge in [0, 0.05) is 41.2 Å². The molecule has 9 heteroatoms. The molecule has 0 bridgehead atoms. The predicted molar refractivity (Wildman–Crippen MR) is 212 cm³/mol. The summed E-state index contributed by atoms with van der Waals surface area (Å²) in [6, 6.07) is 39.1. The number of carbonyl (C=O) groups excluding carboxylic acids is 1. The van der Waals surface area contributed by atoms with Crippen LogP contribution in [-0.4, -0.2) is 40.4 Å². The summed E-state index contributed by atoms with van der Waals surface area (Å²) in [5, 5.41) is 5.10. The average molecular weight is 734 g/mol. The number of hydrogen-bond acceptors (Lipinski definition) is 5. The number of aromatic nitrogens is 1. The zero-order valence-electron chi connectivity index (χ0n) is 30.5. The van der Waals surface area contributed by atoms with Crippen molar-refractivity contribution in [1.82, 2.24) is 14.6 Å². The minimum absolute atomic E-state index is 0.0420. The topological polar surface area (TPSA) is 77.5 Å². The van der Waals surface area contributed by atoms with E-state index in [4.69, 9.17) is 9.41 Å². The summed E-state index contributed by atoms with van der Waals surface area (Å²) in [4.78, 5) is 18.6. The SMILES string of the molecule is CCCC[S@@+]([O-])N1Cc2cc(C(=O)NCc3ccccc3F)nc(-c3ccccc3)c2[C@H]1CCO[Si](c1ccccc1)(c1ccccc1)C(C)(C)C. The molecule has 0 aliphatic carbocycles. The highest BCUT2D eigenvalue weighted by Gasteiger charge is 2.50. The molecule has 1 aliphatic rings. The molecule has 270 valence electrons. The van der Waals surface area contributed by atoms with Crippen molar-refractivity contribution in [2.45, 2.75) is 71.1 Å². The Morgan fingerprint density at radius 3 is 2.13 bits per heavy atom. The maximum atomic E-state index is 14.4. The van der Waals surface area contributed by atoms with Crippen molar-refractivity contribution in [2.24, 2.45) is 0 Å².